The fourth-order valence-corrected chi connectivity index (χ4v) is 5.59. The molecule has 5 nitrogen and oxygen atoms in total. The number of hydrogen-bond donors (Lipinski definition) is 2. The van der Waals surface area contributed by atoms with E-state index in [1.54, 1.807) is 0 Å². The van der Waals surface area contributed by atoms with Gasteiger partial charge in [0.25, 0.3) is 0 Å². The Balaban J connectivity index is 0.00000196. The van der Waals surface area contributed by atoms with Crippen molar-refractivity contribution in [3.05, 3.63) is 0 Å². The van der Waals surface area contributed by atoms with E-state index in [4.69, 9.17) is 4.74 Å². The average Bonchev–Trinajstić information content (AvgIpc) is 2.99. The van der Waals surface area contributed by atoms with Gasteiger partial charge in [-0.15, -0.1) is 24.0 Å². The first-order chi connectivity index (χ1) is 12.2. The van der Waals surface area contributed by atoms with Gasteiger partial charge in [-0.3, -0.25) is 4.99 Å². The van der Waals surface area contributed by atoms with E-state index in [1.807, 2.05) is 7.05 Å². The lowest BCUT2D eigenvalue weighted by Gasteiger charge is -2.63. The van der Waals surface area contributed by atoms with Gasteiger partial charge in [-0.1, -0.05) is 13.3 Å². The van der Waals surface area contributed by atoms with Crippen molar-refractivity contribution in [2.45, 2.75) is 64.0 Å². The molecule has 0 bridgehead atoms. The highest BCUT2D eigenvalue weighted by atomic mass is 127. The van der Waals surface area contributed by atoms with Gasteiger partial charge in [0.15, 0.2) is 5.96 Å². The predicted molar refractivity (Wildman–Crippen MR) is 117 cm³/mol. The van der Waals surface area contributed by atoms with Crippen molar-refractivity contribution in [2.24, 2.45) is 22.2 Å². The van der Waals surface area contributed by atoms with Crippen LogP contribution in [-0.2, 0) is 4.74 Å². The van der Waals surface area contributed by atoms with E-state index in [0.717, 1.165) is 25.0 Å². The Labute approximate surface area is 176 Å². The maximum Gasteiger partial charge on any atom is 0.191 e. The maximum atomic E-state index is 6.02. The molecule has 0 aromatic rings. The Hall–Kier alpha value is -0.0800. The average molecular weight is 476 g/mol. The number of nitrogens with zero attached hydrogens (tertiary/aromatic N) is 2. The predicted octanol–water partition coefficient (Wildman–Crippen LogP) is 2.85. The Kier molecular flexibility index (Phi) is 7.11. The summed E-state index contributed by atoms with van der Waals surface area (Å²) in [6.07, 6.45) is 9.70. The van der Waals surface area contributed by atoms with Gasteiger partial charge in [-0.25, -0.2) is 0 Å². The van der Waals surface area contributed by atoms with Crippen molar-refractivity contribution in [1.29, 1.82) is 0 Å². The number of halogens is 1. The van der Waals surface area contributed by atoms with E-state index in [2.05, 4.69) is 27.4 Å². The first-order valence-corrected chi connectivity index (χ1v) is 10.5. The smallest absolute Gasteiger partial charge is 0.191 e. The summed E-state index contributed by atoms with van der Waals surface area (Å²) in [6, 6.07) is 0.573. The summed E-state index contributed by atoms with van der Waals surface area (Å²) < 4.78 is 6.02. The number of rotatable bonds is 5. The largest absolute Gasteiger partial charge is 0.377 e. The molecule has 0 aromatic carbocycles. The topological polar surface area (TPSA) is 48.9 Å². The summed E-state index contributed by atoms with van der Waals surface area (Å²) >= 11 is 0. The second-order valence-electron chi connectivity index (χ2n) is 8.83. The summed E-state index contributed by atoms with van der Waals surface area (Å²) in [7, 11) is 1.90. The Morgan fingerprint density at radius 2 is 2.00 bits per heavy atom. The van der Waals surface area contributed by atoms with E-state index >= 15 is 0 Å². The monoisotopic (exact) mass is 476 g/mol. The van der Waals surface area contributed by atoms with Gasteiger partial charge in [0.05, 0.1) is 6.10 Å². The van der Waals surface area contributed by atoms with Crippen LogP contribution in [0, 0.1) is 17.3 Å². The molecule has 0 radical (unpaired) electrons. The fraction of sp³-hybridized carbons (Fsp3) is 0.950. The number of likely N-dealkylation sites (tertiary alicyclic amines) is 1. The van der Waals surface area contributed by atoms with Crippen molar-refractivity contribution < 1.29 is 4.74 Å². The zero-order valence-electron chi connectivity index (χ0n) is 16.5. The van der Waals surface area contributed by atoms with Crippen LogP contribution in [0.5, 0.6) is 0 Å². The maximum absolute atomic E-state index is 6.02. The Bertz CT molecular complexity index is 488. The zero-order chi connectivity index (χ0) is 17.3. The molecule has 6 heteroatoms. The van der Waals surface area contributed by atoms with Crippen LogP contribution in [0.1, 0.15) is 51.9 Å². The van der Waals surface area contributed by atoms with Gasteiger partial charge in [0.1, 0.15) is 0 Å². The molecule has 2 saturated heterocycles. The molecule has 2 saturated carbocycles. The summed E-state index contributed by atoms with van der Waals surface area (Å²) in [6.45, 7) is 8.11. The lowest BCUT2D eigenvalue weighted by molar-refractivity contribution is -0.171. The first-order valence-electron chi connectivity index (χ1n) is 10.5. The molecule has 4 rings (SSSR count). The molecule has 1 spiro atoms. The third-order valence-electron chi connectivity index (χ3n) is 7.37. The van der Waals surface area contributed by atoms with E-state index < -0.39 is 0 Å². The SMILES string of the molecule is CN=C(NCCCN1CCC(C)CC1)NC1C2CCOC2C12CCC2.I. The first kappa shape index (κ1) is 20.6. The minimum Gasteiger partial charge on any atom is -0.377 e. The molecular weight excluding hydrogens is 439 g/mol. The molecule has 3 atom stereocenters. The summed E-state index contributed by atoms with van der Waals surface area (Å²) in [5, 5.41) is 7.31. The van der Waals surface area contributed by atoms with Crippen LogP contribution in [0.25, 0.3) is 0 Å². The highest BCUT2D eigenvalue weighted by molar-refractivity contribution is 14.0. The van der Waals surface area contributed by atoms with Gasteiger partial charge >= 0.3 is 0 Å². The number of guanidine groups is 1. The van der Waals surface area contributed by atoms with Crippen LogP contribution < -0.4 is 10.6 Å². The number of aliphatic imine (C=N–C) groups is 1. The van der Waals surface area contributed by atoms with Gasteiger partial charge < -0.3 is 20.3 Å². The molecule has 4 aliphatic rings. The molecule has 2 heterocycles. The zero-order valence-corrected chi connectivity index (χ0v) is 18.8. The number of piperidine rings is 1. The summed E-state index contributed by atoms with van der Waals surface area (Å²) in [4.78, 5) is 7.10. The van der Waals surface area contributed by atoms with Crippen molar-refractivity contribution in [2.75, 3.05) is 39.8 Å². The van der Waals surface area contributed by atoms with Gasteiger partial charge in [-0.05, 0) is 64.1 Å². The quantitative estimate of drug-likeness (QED) is 0.277. The van der Waals surface area contributed by atoms with Crippen LogP contribution >= 0.6 is 24.0 Å². The highest BCUT2D eigenvalue weighted by Crippen LogP contribution is 2.62. The van der Waals surface area contributed by atoms with E-state index in [9.17, 15) is 0 Å². The van der Waals surface area contributed by atoms with Crippen molar-refractivity contribution in [3.8, 4) is 0 Å². The minimum atomic E-state index is 0. The molecule has 3 unspecified atom stereocenters. The summed E-state index contributed by atoms with van der Waals surface area (Å²) in [5.41, 5.74) is 0.420. The standard InChI is InChI=1S/C20H36N4O.HI/c1-15-5-12-24(13-6-15)11-4-10-22-19(21-2)23-17-16-7-14-25-18(16)20(17)8-3-9-20;/h15-18H,3-14H2,1-2H3,(H2,21,22,23);1H. The lowest BCUT2D eigenvalue weighted by Crippen LogP contribution is -2.72. The van der Waals surface area contributed by atoms with Crippen LogP contribution in [0.15, 0.2) is 4.99 Å². The molecule has 26 heavy (non-hydrogen) atoms. The highest BCUT2D eigenvalue weighted by Gasteiger charge is 2.66. The van der Waals surface area contributed by atoms with Gasteiger partial charge in [0.2, 0.25) is 0 Å². The van der Waals surface area contributed by atoms with Crippen LogP contribution in [0.3, 0.4) is 0 Å². The molecule has 2 N–H and O–H groups in total. The number of ether oxygens (including phenoxy) is 1. The van der Waals surface area contributed by atoms with Crippen molar-refractivity contribution in [1.82, 2.24) is 15.5 Å². The molecule has 4 fully saturated rings. The second kappa shape index (κ2) is 8.95. The molecule has 150 valence electrons. The van der Waals surface area contributed by atoms with Gasteiger partial charge in [0, 0.05) is 37.6 Å². The van der Waals surface area contributed by atoms with Gasteiger partial charge in [-0.2, -0.15) is 0 Å². The van der Waals surface area contributed by atoms with Crippen LogP contribution in [0.4, 0.5) is 0 Å². The number of nitrogens with one attached hydrogen (secondary N) is 2. The number of hydrogen-bond acceptors (Lipinski definition) is 3. The fourth-order valence-electron chi connectivity index (χ4n) is 5.59. The third-order valence-corrected chi connectivity index (χ3v) is 7.37. The van der Waals surface area contributed by atoms with E-state index in [0.29, 0.717) is 23.5 Å². The third kappa shape index (κ3) is 3.88. The van der Waals surface area contributed by atoms with Crippen LogP contribution in [-0.4, -0.2) is 62.8 Å². The molecule has 0 aromatic heterocycles. The lowest BCUT2D eigenvalue weighted by atomic mass is 9.46. The van der Waals surface area contributed by atoms with E-state index in [1.165, 1.54) is 64.6 Å². The molecule has 0 amide bonds. The Morgan fingerprint density at radius 3 is 2.65 bits per heavy atom. The van der Waals surface area contributed by atoms with Crippen molar-refractivity contribution in [3.63, 3.8) is 0 Å². The molecular formula is C20H37IN4O. The molecule has 2 aliphatic heterocycles. The molecule has 2 aliphatic carbocycles. The van der Waals surface area contributed by atoms with Crippen LogP contribution in [0.2, 0.25) is 0 Å². The van der Waals surface area contributed by atoms with Crippen molar-refractivity contribution >= 4 is 29.9 Å². The Morgan fingerprint density at radius 1 is 1.23 bits per heavy atom. The minimum absolute atomic E-state index is 0. The van der Waals surface area contributed by atoms with E-state index in [-0.39, 0.29) is 24.0 Å². The normalized spacial score (nSPS) is 33.8. The second-order valence-corrected chi connectivity index (χ2v) is 8.83. The summed E-state index contributed by atoms with van der Waals surface area (Å²) in [5.74, 6) is 2.62. The number of fused-ring (bicyclic) bond motifs is 2.